The molecule has 0 spiro atoms. The van der Waals surface area contributed by atoms with Crippen LogP contribution in [0.1, 0.15) is 46.5 Å². The number of carbonyl (C=O) groups excluding carboxylic acids is 1. The fourth-order valence-corrected chi connectivity index (χ4v) is 4.62. The molecule has 27 heavy (non-hydrogen) atoms. The lowest BCUT2D eigenvalue weighted by Crippen LogP contribution is -2.35. The Morgan fingerprint density at radius 3 is 2.59 bits per heavy atom. The molecule has 1 unspecified atom stereocenters. The van der Waals surface area contributed by atoms with Gasteiger partial charge in [-0.2, -0.15) is 0 Å². The van der Waals surface area contributed by atoms with Crippen molar-refractivity contribution >= 4 is 23.6 Å². The SMILES string of the molecule is CCN(CC)C(=O)CSc1nnc(N2CCC(C)CC2)n1CC1CCCO1. The molecule has 1 aromatic rings. The minimum Gasteiger partial charge on any atom is -0.376 e. The normalized spacial score (nSPS) is 21.0. The van der Waals surface area contributed by atoms with Crippen molar-refractivity contribution in [2.75, 3.05) is 43.4 Å². The molecule has 152 valence electrons. The minimum absolute atomic E-state index is 0.157. The molecule has 2 fully saturated rings. The van der Waals surface area contributed by atoms with Gasteiger partial charge in [-0.05, 0) is 45.4 Å². The van der Waals surface area contributed by atoms with E-state index in [2.05, 4.69) is 26.6 Å². The van der Waals surface area contributed by atoms with Gasteiger partial charge in [-0.1, -0.05) is 18.7 Å². The van der Waals surface area contributed by atoms with Gasteiger partial charge in [0.1, 0.15) is 0 Å². The average Bonchev–Trinajstić information content (AvgIpc) is 3.32. The third-order valence-corrected chi connectivity index (χ3v) is 6.57. The van der Waals surface area contributed by atoms with E-state index in [0.29, 0.717) is 5.75 Å². The molecule has 0 aliphatic carbocycles. The van der Waals surface area contributed by atoms with E-state index in [1.165, 1.54) is 24.6 Å². The Balaban J connectivity index is 1.72. The lowest BCUT2D eigenvalue weighted by molar-refractivity contribution is -0.127. The molecule has 2 saturated heterocycles. The predicted octanol–water partition coefficient (Wildman–Crippen LogP) is 2.65. The second kappa shape index (κ2) is 9.78. The molecule has 0 aromatic carbocycles. The van der Waals surface area contributed by atoms with Crippen molar-refractivity contribution in [1.82, 2.24) is 19.7 Å². The minimum atomic E-state index is 0.157. The van der Waals surface area contributed by atoms with Crippen LogP contribution in [0.2, 0.25) is 0 Å². The van der Waals surface area contributed by atoms with Crippen LogP contribution in [0.25, 0.3) is 0 Å². The number of hydrogen-bond acceptors (Lipinski definition) is 6. The van der Waals surface area contributed by atoms with Gasteiger partial charge >= 0.3 is 0 Å². The number of aromatic nitrogens is 3. The van der Waals surface area contributed by atoms with Crippen LogP contribution in [-0.2, 0) is 16.1 Å². The van der Waals surface area contributed by atoms with Crippen molar-refractivity contribution in [3.63, 3.8) is 0 Å². The maximum atomic E-state index is 12.4. The molecule has 1 atom stereocenters. The maximum absolute atomic E-state index is 12.4. The molecule has 8 heteroatoms. The first-order valence-corrected chi connectivity index (χ1v) is 11.3. The Bertz CT molecular complexity index is 605. The first kappa shape index (κ1) is 20.5. The van der Waals surface area contributed by atoms with Crippen molar-refractivity contribution in [2.45, 2.75) is 64.3 Å². The van der Waals surface area contributed by atoms with E-state index in [0.717, 1.165) is 69.2 Å². The first-order valence-electron chi connectivity index (χ1n) is 10.3. The number of rotatable bonds is 8. The molecule has 3 rings (SSSR count). The summed E-state index contributed by atoms with van der Waals surface area (Å²) in [5.41, 5.74) is 0. The summed E-state index contributed by atoms with van der Waals surface area (Å²) in [7, 11) is 0. The van der Waals surface area contributed by atoms with E-state index in [1.807, 2.05) is 18.7 Å². The fourth-order valence-electron chi connectivity index (χ4n) is 3.78. The summed E-state index contributed by atoms with van der Waals surface area (Å²) in [6, 6.07) is 0. The van der Waals surface area contributed by atoms with Gasteiger partial charge < -0.3 is 14.5 Å². The van der Waals surface area contributed by atoms with E-state index >= 15 is 0 Å². The lowest BCUT2D eigenvalue weighted by atomic mass is 10.00. The second-order valence-corrected chi connectivity index (χ2v) is 8.49. The standard InChI is InChI=1S/C19H33N5O2S/c1-4-22(5-2)17(25)14-27-19-21-20-18(23-10-8-15(3)9-11-23)24(19)13-16-7-6-12-26-16/h15-16H,4-14H2,1-3H3. The van der Waals surface area contributed by atoms with Crippen LogP contribution in [-0.4, -0.2) is 70.2 Å². The van der Waals surface area contributed by atoms with Crippen LogP contribution in [0, 0.1) is 5.92 Å². The number of piperidine rings is 1. The molecule has 0 saturated carbocycles. The van der Waals surface area contributed by atoms with Crippen molar-refractivity contribution < 1.29 is 9.53 Å². The number of carbonyl (C=O) groups is 1. The van der Waals surface area contributed by atoms with E-state index in [1.54, 1.807) is 0 Å². The van der Waals surface area contributed by atoms with Crippen molar-refractivity contribution in [3.8, 4) is 0 Å². The zero-order valence-corrected chi connectivity index (χ0v) is 17.7. The molecule has 2 aliphatic rings. The molecule has 3 heterocycles. The van der Waals surface area contributed by atoms with Gasteiger partial charge in [0.25, 0.3) is 0 Å². The Labute approximate surface area is 166 Å². The number of ether oxygens (including phenoxy) is 1. The largest absolute Gasteiger partial charge is 0.376 e. The average molecular weight is 396 g/mol. The molecule has 1 amide bonds. The van der Waals surface area contributed by atoms with Crippen LogP contribution >= 0.6 is 11.8 Å². The number of thioether (sulfide) groups is 1. The topological polar surface area (TPSA) is 63.5 Å². The van der Waals surface area contributed by atoms with Crippen molar-refractivity contribution in [3.05, 3.63) is 0 Å². The van der Waals surface area contributed by atoms with E-state index in [9.17, 15) is 4.79 Å². The van der Waals surface area contributed by atoms with Crippen molar-refractivity contribution in [1.29, 1.82) is 0 Å². The molecular weight excluding hydrogens is 362 g/mol. The number of amides is 1. The summed E-state index contributed by atoms with van der Waals surface area (Å²) in [4.78, 5) is 16.6. The molecule has 7 nitrogen and oxygen atoms in total. The van der Waals surface area contributed by atoms with Gasteiger partial charge in [0.2, 0.25) is 11.9 Å². The van der Waals surface area contributed by atoms with Crippen LogP contribution in [0.15, 0.2) is 5.16 Å². The van der Waals surface area contributed by atoms with Gasteiger partial charge in [0.05, 0.1) is 18.4 Å². The lowest BCUT2D eigenvalue weighted by Gasteiger charge is -2.31. The highest BCUT2D eigenvalue weighted by atomic mass is 32.2. The Kier molecular flexibility index (Phi) is 7.41. The van der Waals surface area contributed by atoms with Crippen LogP contribution in [0.5, 0.6) is 0 Å². The highest BCUT2D eigenvalue weighted by Gasteiger charge is 2.26. The Morgan fingerprint density at radius 1 is 1.22 bits per heavy atom. The second-order valence-electron chi connectivity index (χ2n) is 7.55. The summed E-state index contributed by atoms with van der Waals surface area (Å²) in [5, 5.41) is 9.78. The maximum Gasteiger partial charge on any atom is 0.233 e. The van der Waals surface area contributed by atoms with Gasteiger partial charge in [-0.15, -0.1) is 10.2 Å². The van der Waals surface area contributed by atoms with Crippen LogP contribution < -0.4 is 4.90 Å². The number of nitrogens with zero attached hydrogens (tertiary/aromatic N) is 5. The van der Waals surface area contributed by atoms with E-state index < -0.39 is 0 Å². The summed E-state index contributed by atoms with van der Waals surface area (Å²) in [5.74, 6) is 2.28. The smallest absolute Gasteiger partial charge is 0.233 e. The zero-order chi connectivity index (χ0) is 19.2. The van der Waals surface area contributed by atoms with Gasteiger partial charge in [0.15, 0.2) is 5.16 Å². The monoisotopic (exact) mass is 395 g/mol. The van der Waals surface area contributed by atoms with E-state index in [4.69, 9.17) is 4.74 Å². The number of anilines is 1. The summed E-state index contributed by atoms with van der Waals surface area (Å²) < 4.78 is 8.05. The van der Waals surface area contributed by atoms with Gasteiger partial charge in [0, 0.05) is 32.8 Å². The summed E-state index contributed by atoms with van der Waals surface area (Å²) in [6.07, 6.45) is 4.80. The summed E-state index contributed by atoms with van der Waals surface area (Å²) >= 11 is 1.50. The molecule has 1 aromatic heterocycles. The van der Waals surface area contributed by atoms with Crippen LogP contribution in [0.3, 0.4) is 0 Å². The van der Waals surface area contributed by atoms with Crippen LogP contribution in [0.4, 0.5) is 5.95 Å². The van der Waals surface area contributed by atoms with Gasteiger partial charge in [-0.25, -0.2) is 0 Å². The quantitative estimate of drug-likeness (QED) is 0.631. The Morgan fingerprint density at radius 2 is 1.96 bits per heavy atom. The van der Waals surface area contributed by atoms with Crippen molar-refractivity contribution in [2.24, 2.45) is 5.92 Å². The molecule has 0 radical (unpaired) electrons. The first-order chi connectivity index (χ1) is 13.1. The highest BCUT2D eigenvalue weighted by Crippen LogP contribution is 2.28. The van der Waals surface area contributed by atoms with E-state index in [-0.39, 0.29) is 12.0 Å². The third kappa shape index (κ3) is 5.16. The molecule has 2 aliphatic heterocycles. The van der Waals surface area contributed by atoms with Gasteiger partial charge in [-0.3, -0.25) is 9.36 Å². The molecule has 0 N–H and O–H groups in total. The molecular formula is C19H33N5O2S. The predicted molar refractivity (Wildman–Crippen MR) is 108 cm³/mol. The third-order valence-electron chi connectivity index (χ3n) is 5.61. The number of hydrogen-bond donors (Lipinski definition) is 0. The molecule has 0 bridgehead atoms. The Hall–Kier alpha value is -1.28. The zero-order valence-electron chi connectivity index (χ0n) is 16.9. The summed E-state index contributed by atoms with van der Waals surface area (Å²) in [6.45, 7) is 11.5. The highest BCUT2D eigenvalue weighted by molar-refractivity contribution is 7.99. The fraction of sp³-hybridized carbons (Fsp3) is 0.842.